The SMILES string of the molecule is Cc1cc(OCCCCn2c(CCNC(=O)c3ccncc3)nc3ccccc32)cc(C)c1Cl. The lowest BCUT2D eigenvalue weighted by molar-refractivity contribution is 0.0953. The molecule has 2 aromatic heterocycles. The van der Waals surface area contributed by atoms with Gasteiger partial charge in [-0.1, -0.05) is 23.7 Å². The van der Waals surface area contributed by atoms with Crippen LogP contribution in [0, 0.1) is 13.8 Å². The molecule has 0 saturated heterocycles. The van der Waals surface area contributed by atoms with Gasteiger partial charge in [0.25, 0.3) is 5.91 Å². The van der Waals surface area contributed by atoms with E-state index < -0.39 is 0 Å². The second-order valence-electron chi connectivity index (χ2n) is 8.34. The van der Waals surface area contributed by atoms with Crippen LogP contribution in [-0.4, -0.2) is 33.6 Å². The van der Waals surface area contributed by atoms with E-state index in [9.17, 15) is 4.79 Å². The van der Waals surface area contributed by atoms with Crippen molar-refractivity contribution in [1.29, 1.82) is 0 Å². The van der Waals surface area contributed by atoms with E-state index in [2.05, 4.69) is 20.9 Å². The van der Waals surface area contributed by atoms with E-state index in [1.807, 2.05) is 44.2 Å². The first-order chi connectivity index (χ1) is 16.5. The van der Waals surface area contributed by atoms with E-state index in [0.29, 0.717) is 25.1 Å². The van der Waals surface area contributed by atoms with E-state index in [1.54, 1.807) is 24.5 Å². The molecule has 0 spiro atoms. The summed E-state index contributed by atoms with van der Waals surface area (Å²) in [5.74, 6) is 1.73. The normalized spacial score (nSPS) is 11.0. The topological polar surface area (TPSA) is 69.0 Å². The molecule has 0 aliphatic carbocycles. The number of ether oxygens (including phenoxy) is 1. The molecule has 6 nitrogen and oxygen atoms in total. The van der Waals surface area contributed by atoms with Crippen LogP contribution in [0.2, 0.25) is 5.02 Å². The first kappa shape index (κ1) is 23.8. The minimum Gasteiger partial charge on any atom is -0.494 e. The molecule has 0 radical (unpaired) electrons. The Bertz CT molecular complexity index is 1250. The molecule has 2 heterocycles. The smallest absolute Gasteiger partial charge is 0.251 e. The van der Waals surface area contributed by atoms with Crippen molar-refractivity contribution in [3.8, 4) is 5.75 Å². The molecule has 1 N–H and O–H groups in total. The van der Waals surface area contributed by atoms with Crippen LogP contribution in [0.4, 0.5) is 0 Å². The van der Waals surface area contributed by atoms with Crippen LogP contribution in [0.1, 0.15) is 40.2 Å². The number of halogens is 1. The Morgan fingerprint density at radius 3 is 2.56 bits per heavy atom. The molecule has 7 heteroatoms. The second kappa shape index (κ2) is 11.2. The minimum atomic E-state index is -0.102. The third kappa shape index (κ3) is 5.75. The molecule has 0 atom stereocenters. The molecule has 34 heavy (non-hydrogen) atoms. The minimum absolute atomic E-state index is 0.102. The van der Waals surface area contributed by atoms with E-state index in [1.165, 1.54) is 0 Å². The fraction of sp³-hybridized carbons (Fsp3) is 0.296. The van der Waals surface area contributed by atoms with Crippen molar-refractivity contribution in [2.45, 2.75) is 39.7 Å². The quantitative estimate of drug-likeness (QED) is 0.305. The fourth-order valence-corrected chi connectivity index (χ4v) is 4.12. The summed E-state index contributed by atoms with van der Waals surface area (Å²) < 4.78 is 8.21. The van der Waals surface area contributed by atoms with Gasteiger partial charge < -0.3 is 14.6 Å². The van der Waals surface area contributed by atoms with E-state index in [0.717, 1.165) is 58.1 Å². The first-order valence-corrected chi connectivity index (χ1v) is 11.9. The van der Waals surface area contributed by atoms with Gasteiger partial charge in [0.05, 0.1) is 17.6 Å². The molecule has 2 aromatic carbocycles. The zero-order valence-corrected chi connectivity index (χ0v) is 20.3. The van der Waals surface area contributed by atoms with Crippen LogP contribution >= 0.6 is 11.6 Å². The molecular weight excluding hydrogens is 448 g/mol. The van der Waals surface area contributed by atoms with E-state index >= 15 is 0 Å². The number of fused-ring (bicyclic) bond motifs is 1. The first-order valence-electron chi connectivity index (χ1n) is 11.5. The van der Waals surface area contributed by atoms with Crippen molar-refractivity contribution in [3.05, 3.63) is 88.5 Å². The van der Waals surface area contributed by atoms with Crippen molar-refractivity contribution < 1.29 is 9.53 Å². The van der Waals surface area contributed by atoms with Gasteiger partial charge in [0.2, 0.25) is 0 Å². The monoisotopic (exact) mass is 476 g/mol. The molecule has 0 aliphatic heterocycles. The number of benzene rings is 2. The van der Waals surface area contributed by atoms with Crippen molar-refractivity contribution in [2.75, 3.05) is 13.2 Å². The number of unbranched alkanes of at least 4 members (excludes halogenated alkanes) is 1. The lowest BCUT2D eigenvalue weighted by atomic mass is 10.1. The fourth-order valence-electron chi connectivity index (χ4n) is 4.01. The van der Waals surface area contributed by atoms with Gasteiger partial charge in [-0.2, -0.15) is 0 Å². The largest absolute Gasteiger partial charge is 0.494 e. The Kier molecular flexibility index (Phi) is 7.80. The number of nitrogens with zero attached hydrogens (tertiary/aromatic N) is 3. The highest BCUT2D eigenvalue weighted by atomic mass is 35.5. The van der Waals surface area contributed by atoms with Gasteiger partial charge in [-0.15, -0.1) is 0 Å². The van der Waals surface area contributed by atoms with Crippen molar-refractivity contribution in [1.82, 2.24) is 19.9 Å². The maximum atomic E-state index is 12.3. The number of carbonyl (C=O) groups is 1. The van der Waals surface area contributed by atoms with Crippen LogP contribution in [-0.2, 0) is 13.0 Å². The second-order valence-corrected chi connectivity index (χ2v) is 8.71. The number of hydrogen-bond donors (Lipinski definition) is 1. The molecule has 0 aliphatic rings. The van der Waals surface area contributed by atoms with Crippen LogP contribution in [0.3, 0.4) is 0 Å². The number of imidazole rings is 1. The Labute approximate surface area is 204 Å². The highest BCUT2D eigenvalue weighted by molar-refractivity contribution is 6.32. The highest BCUT2D eigenvalue weighted by Gasteiger charge is 2.11. The molecule has 0 unspecified atom stereocenters. The zero-order chi connectivity index (χ0) is 23.9. The number of pyridine rings is 1. The van der Waals surface area contributed by atoms with Gasteiger partial charge in [0, 0.05) is 42.5 Å². The number of nitrogens with one attached hydrogen (secondary N) is 1. The summed E-state index contributed by atoms with van der Waals surface area (Å²) in [5, 5.41) is 3.77. The predicted octanol–water partition coefficient (Wildman–Crippen LogP) is 5.53. The summed E-state index contributed by atoms with van der Waals surface area (Å²) in [6.45, 7) is 5.99. The summed E-state index contributed by atoms with van der Waals surface area (Å²) in [6.07, 6.45) is 5.78. The van der Waals surface area contributed by atoms with Gasteiger partial charge >= 0.3 is 0 Å². The Hall–Kier alpha value is -3.38. The van der Waals surface area contributed by atoms with Gasteiger partial charge in [-0.25, -0.2) is 4.98 Å². The number of aryl methyl sites for hydroxylation is 3. The predicted molar refractivity (Wildman–Crippen MR) is 136 cm³/mol. The molecule has 0 bridgehead atoms. The summed E-state index contributed by atoms with van der Waals surface area (Å²) in [6, 6.07) is 15.5. The number of amides is 1. The van der Waals surface area contributed by atoms with E-state index in [-0.39, 0.29) is 5.91 Å². The summed E-state index contributed by atoms with van der Waals surface area (Å²) in [5.41, 5.74) is 4.75. The summed E-state index contributed by atoms with van der Waals surface area (Å²) in [4.78, 5) is 21.1. The number of aromatic nitrogens is 3. The standard InChI is InChI=1S/C27H29ClN4O2/c1-19-17-22(18-20(2)26(19)28)34-16-6-5-15-32-24-8-4-3-7-23(24)31-25(32)11-14-30-27(33)21-9-12-29-13-10-21/h3-4,7-10,12-13,17-18H,5-6,11,14-16H2,1-2H3,(H,30,33). The molecule has 1 amide bonds. The van der Waals surface area contributed by atoms with Crippen LogP contribution in [0.25, 0.3) is 11.0 Å². The molecule has 4 rings (SSSR count). The number of hydrogen-bond acceptors (Lipinski definition) is 4. The summed E-state index contributed by atoms with van der Waals surface area (Å²) in [7, 11) is 0. The van der Waals surface area contributed by atoms with Crippen LogP contribution in [0.5, 0.6) is 5.75 Å². The maximum Gasteiger partial charge on any atom is 0.251 e. The third-order valence-corrected chi connectivity index (χ3v) is 6.36. The van der Waals surface area contributed by atoms with Gasteiger partial charge in [-0.3, -0.25) is 9.78 Å². The lowest BCUT2D eigenvalue weighted by Gasteiger charge is -2.12. The average Bonchev–Trinajstić information content (AvgIpc) is 3.20. The number of para-hydroxylation sites is 2. The van der Waals surface area contributed by atoms with Crippen molar-refractivity contribution >= 4 is 28.5 Å². The molecule has 4 aromatic rings. The Morgan fingerprint density at radius 1 is 1.06 bits per heavy atom. The van der Waals surface area contributed by atoms with E-state index in [4.69, 9.17) is 21.3 Å². The maximum absolute atomic E-state index is 12.3. The van der Waals surface area contributed by atoms with Crippen LogP contribution < -0.4 is 10.1 Å². The van der Waals surface area contributed by atoms with Gasteiger partial charge in [-0.05, 0) is 74.2 Å². The van der Waals surface area contributed by atoms with Gasteiger partial charge in [0.1, 0.15) is 11.6 Å². The van der Waals surface area contributed by atoms with Gasteiger partial charge in [0.15, 0.2) is 0 Å². The Morgan fingerprint density at radius 2 is 1.79 bits per heavy atom. The van der Waals surface area contributed by atoms with Crippen molar-refractivity contribution in [3.63, 3.8) is 0 Å². The lowest BCUT2D eigenvalue weighted by Crippen LogP contribution is -2.26. The molecule has 0 saturated carbocycles. The zero-order valence-electron chi connectivity index (χ0n) is 19.6. The number of rotatable bonds is 10. The van der Waals surface area contributed by atoms with Crippen LogP contribution in [0.15, 0.2) is 60.9 Å². The molecule has 176 valence electrons. The summed E-state index contributed by atoms with van der Waals surface area (Å²) >= 11 is 6.25. The number of carbonyl (C=O) groups excluding carboxylic acids is 1. The third-order valence-electron chi connectivity index (χ3n) is 5.77. The highest BCUT2D eigenvalue weighted by Crippen LogP contribution is 2.26. The molecule has 0 fully saturated rings. The average molecular weight is 477 g/mol. The van der Waals surface area contributed by atoms with Crippen molar-refractivity contribution in [2.24, 2.45) is 0 Å². The Balaban J connectivity index is 1.33. The molecular formula is C27H29ClN4O2.